The molecule has 0 saturated carbocycles. The Morgan fingerprint density at radius 1 is 0.390 bits per heavy atom. The van der Waals surface area contributed by atoms with Crippen LogP contribution in [-0.2, 0) is 32.7 Å². The van der Waals surface area contributed by atoms with Gasteiger partial charge in [0, 0.05) is 19.4 Å². The normalized spacial score (nSPS) is 13.1. The van der Waals surface area contributed by atoms with Crippen molar-refractivity contribution in [3.05, 3.63) is 36.5 Å². The van der Waals surface area contributed by atoms with Crippen molar-refractivity contribution in [3.63, 3.8) is 0 Å². The zero-order valence-corrected chi connectivity index (χ0v) is 51.9. The molecule has 0 amide bonds. The third-order valence-corrected chi connectivity index (χ3v) is 16.0. The number of esters is 2. The molecule has 10 heteroatoms. The highest BCUT2D eigenvalue weighted by Crippen LogP contribution is 2.43. The van der Waals surface area contributed by atoms with Crippen molar-refractivity contribution in [3.8, 4) is 0 Å². The quantitative estimate of drug-likeness (QED) is 0.0264. The highest BCUT2D eigenvalue weighted by Gasteiger charge is 2.26. The van der Waals surface area contributed by atoms with E-state index in [0.29, 0.717) is 6.42 Å². The first-order valence-corrected chi connectivity index (χ1v) is 35.0. The van der Waals surface area contributed by atoms with E-state index in [0.717, 1.165) is 44.9 Å². The number of allylic oxidation sites excluding steroid dienone is 6. The van der Waals surface area contributed by atoms with E-state index in [4.69, 9.17) is 24.3 Å². The number of carbonyl (C=O) groups is 2. The van der Waals surface area contributed by atoms with E-state index < -0.39 is 26.5 Å². The fraction of sp³-hybridized carbons (Fsp3) is 0.881. The van der Waals surface area contributed by atoms with E-state index >= 15 is 0 Å². The number of hydrogen-bond acceptors (Lipinski definition) is 8. The summed E-state index contributed by atoms with van der Waals surface area (Å²) in [7, 11) is -4.39. The van der Waals surface area contributed by atoms with Crippen LogP contribution in [0.15, 0.2) is 36.5 Å². The maximum atomic E-state index is 12.7. The van der Waals surface area contributed by atoms with Crippen molar-refractivity contribution in [1.29, 1.82) is 0 Å². The topological polar surface area (TPSA) is 134 Å². The number of ether oxygens (including phenoxy) is 2. The standard InChI is InChI=1S/C67H128NO8P/c1-3-5-7-9-11-13-15-17-19-21-22-23-24-25-26-27-28-29-30-31-32-33-34-35-36-37-38-39-40-41-42-44-46-48-50-52-54-56-58-60-67(70)76-65(64-75-77(71,72)74-62-61-68)63-73-66(69)59-57-55-53-51-49-47-45-43-20-18-16-14-12-10-8-6-4-2/h15,17-18,20-22,65H,3-14,16,19,23-64,68H2,1-2H3,(H,71,72)/b17-15-,20-18-,22-21-. The first-order valence-electron chi connectivity index (χ1n) is 33.5. The van der Waals surface area contributed by atoms with E-state index in [1.54, 1.807) is 0 Å². The van der Waals surface area contributed by atoms with Crippen LogP contribution in [0, 0.1) is 0 Å². The van der Waals surface area contributed by atoms with Gasteiger partial charge in [0.15, 0.2) is 6.10 Å². The van der Waals surface area contributed by atoms with Crippen LogP contribution in [0.4, 0.5) is 0 Å². The van der Waals surface area contributed by atoms with Crippen molar-refractivity contribution in [2.75, 3.05) is 26.4 Å². The van der Waals surface area contributed by atoms with E-state index in [9.17, 15) is 19.0 Å². The predicted octanol–water partition coefficient (Wildman–Crippen LogP) is 21.5. The van der Waals surface area contributed by atoms with Gasteiger partial charge in [-0.15, -0.1) is 0 Å². The Morgan fingerprint density at radius 3 is 1.00 bits per heavy atom. The van der Waals surface area contributed by atoms with Crippen LogP contribution in [-0.4, -0.2) is 49.3 Å². The number of unbranched alkanes of at least 4 members (excludes halogenated alkanes) is 45. The van der Waals surface area contributed by atoms with Gasteiger partial charge in [0.05, 0.1) is 13.2 Å². The molecule has 0 spiro atoms. The molecule has 2 atom stereocenters. The third-order valence-electron chi connectivity index (χ3n) is 15.0. The summed E-state index contributed by atoms with van der Waals surface area (Å²) in [4.78, 5) is 35.2. The molecule has 0 aromatic rings. The molecule has 0 bridgehead atoms. The van der Waals surface area contributed by atoms with Crippen LogP contribution in [0.2, 0.25) is 0 Å². The summed E-state index contributed by atoms with van der Waals surface area (Å²) in [6, 6.07) is 0. The minimum Gasteiger partial charge on any atom is -0.462 e. The molecule has 454 valence electrons. The molecule has 0 aliphatic carbocycles. The summed E-state index contributed by atoms with van der Waals surface area (Å²) in [5.41, 5.74) is 5.39. The Bertz CT molecular complexity index is 1350. The summed E-state index contributed by atoms with van der Waals surface area (Å²) in [5, 5.41) is 0. The van der Waals surface area contributed by atoms with Crippen molar-refractivity contribution in [1.82, 2.24) is 0 Å². The lowest BCUT2D eigenvalue weighted by atomic mass is 10.0. The maximum Gasteiger partial charge on any atom is 0.472 e. The van der Waals surface area contributed by atoms with Crippen molar-refractivity contribution >= 4 is 19.8 Å². The highest BCUT2D eigenvalue weighted by molar-refractivity contribution is 7.47. The van der Waals surface area contributed by atoms with Gasteiger partial charge in [-0.3, -0.25) is 18.6 Å². The molecule has 0 rings (SSSR count). The summed E-state index contributed by atoms with van der Waals surface area (Å²) in [5.74, 6) is -0.815. The predicted molar refractivity (Wildman–Crippen MR) is 330 cm³/mol. The molecule has 3 N–H and O–H groups in total. The number of carbonyl (C=O) groups excluding carboxylic acids is 2. The van der Waals surface area contributed by atoms with Gasteiger partial charge in [-0.05, 0) is 70.6 Å². The lowest BCUT2D eigenvalue weighted by molar-refractivity contribution is -0.161. The second-order valence-corrected chi connectivity index (χ2v) is 24.1. The fourth-order valence-corrected chi connectivity index (χ4v) is 10.8. The summed E-state index contributed by atoms with van der Waals surface area (Å²) in [6.07, 6.45) is 78.2. The lowest BCUT2D eigenvalue weighted by Gasteiger charge is -2.19. The molecular formula is C67H128NO8P. The molecule has 0 saturated heterocycles. The van der Waals surface area contributed by atoms with Crippen LogP contribution in [0.25, 0.3) is 0 Å². The van der Waals surface area contributed by atoms with E-state index in [1.807, 2.05) is 0 Å². The Kier molecular flexibility index (Phi) is 62.0. The van der Waals surface area contributed by atoms with Gasteiger partial charge in [0.25, 0.3) is 0 Å². The Labute approximate surface area is 477 Å². The Balaban J connectivity index is 3.75. The summed E-state index contributed by atoms with van der Waals surface area (Å²) in [6.45, 7) is 3.78. The second kappa shape index (κ2) is 63.4. The SMILES string of the molecule is CCCCCCC/C=C\C/C=C\CCCCCCCCCCCCCCCCCCCCCCCCCCCCCC(=O)OC(COC(=O)CCCCCCCCC/C=C\CCCCCCCC)COP(=O)(O)OCCN. The Hall–Kier alpha value is -1.77. The number of nitrogens with two attached hydrogens (primary N) is 1. The third kappa shape index (κ3) is 63.3. The molecular weight excluding hydrogens is 978 g/mol. The minimum absolute atomic E-state index is 0.0551. The largest absolute Gasteiger partial charge is 0.472 e. The fourth-order valence-electron chi connectivity index (χ4n) is 10.0. The molecule has 0 aromatic carbocycles. The molecule has 0 fully saturated rings. The molecule has 77 heavy (non-hydrogen) atoms. The van der Waals surface area contributed by atoms with Gasteiger partial charge in [0.2, 0.25) is 0 Å². The lowest BCUT2D eigenvalue weighted by Crippen LogP contribution is -2.29. The van der Waals surface area contributed by atoms with Gasteiger partial charge in [-0.1, -0.05) is 301 Å². The number of hydrogen-bond donors (Lipinski definition) is 2. The number of phosphoric ester groups is 1. The van der Waals surface area contributed by atoms with Crippen LogP contribution in [0.1, 0.15) is 348 Å². The van der Waals surface area contributed by atoms with Crippen molar-refractivity contribution < 1.29 is 37.6 Å². The van der Waals surface area contributed by atoms with Crippen molar-refractivity contribution in [2.45, 2.75) is 354 Å². The smallest absolute Gasteiger partial charge is 0.462 e. The molecule has 0 radical (unpaired) electrons. The second-order valence-electron chi connectivity index (χ2n) is 22.7. The zero-order chi connectivity index (χ0) is 55.9. The molecule has 0 aliphatic rings. The summed E-state index contributed by atoms with van der Waals surface area (Å²) >= 11 is 0. The minimum atomic E-state index is -4.39. The zero-order valence-electron chi connectivity index (χ0n) is 51.0. The van der Waals surface area contributed by atoms with Crippen LogP contribution in [0.5, 0.6) is 0 Å². The van der Waals surface area contributed by atoms with Crippen LogP contribution >= 0.6 is 7.82 Å². The van der Waals surface area contributed by atoms with Crippen LogP contribution < -0.4 is 5.73 Å². The monoisotopic (exact) mass is 1110 g/mol. The van der Waals surface area contributed by atoms with Gasteiger partial charge in [0.1, 0.15) is 6.61 Å². The van der Waals surface area contributed by atoms with E-state index in [1.165, 1.54) is 270 Å². The van der Waals surface area contributed by atoms with Gasteiger partial charge in [-0.2, -0.15) is 0 Å². The molecule has 2 unspecified atom stereocenters. The van der Waals surface area contributed by atoms with Gasteiger partial charge < -0.3 is 20.1 Å². The average molecular weight is 1110 g/mol. The highest BCUT2D eigenvalue weighted by atomic mass is 31.2. The maximum absolute atomic E-state index is 12.7. The first-order chi connectivity index (χ1) is 37.8. The molecule has 0 heterocycles. The van der Waals surface area contributed by atoms with Crippen molar-refractivity contribution in [2.24, 2.45) is 5.73 Å². The van der Waals surface area contributed by atoms with E-state index in [2.05, 4.69) is 50.3 Å². The first kappa shape index (κ1) is 75.2. The van der Waals surface area contributed by atoms with Gasteiger partial charge in [-0.25, -0.2) is 4.57 Å². The van der Waals surface area contributed by atoms with Gasteiger partial charge >= 0.3 is 19.8 Å². The molecule has 0 aliphatic heterocycles. The summed E-state index contributed by atoms with van der Waals surface area (Å²) < 4.78 is 33.1. The average Bonchev–Trinajstić information content (AvgIpc) is 3.42. The Morgan fingerprint density at radius 2 is 0.675 bits per heavy atom. The molecule has 9 nitrogen and oxygen atoms in total. The van der Waals surface area contributed by atoms with E-state index in [-0.39, 0.29) is 38.6 Å². The van der Waals surface area contributed by atoms with Crippen LogP contribution in [0.3, 0.4) is 0 Å². The number of phosphoric acid groups is 1. The molecule has 0 aromatic heterocycles. The number of rotatable bonds is 64.